The van der Waals surface area contributed by atoms with Crippen molar-refractivity contribution in [3.63, 3.8) is 0 Å². The lowest BCUT2D eigenvalue weighted by Crippen LogP contribution is -2.05. The first-order chi connectivity index (χ1) is 20.6. The standard InChI is InChI=1S/C16H32O2.7C3H6.C2H6O2/c1-3-5-7-8-9-10-11-12-13-14-16(17)18-15-6-4-2;7*1-3-2;3-1-2-4/h3-15H2,1-2H3;7*3H,1H2,2H3;3-4H,1-2H2. The van der Waals surface area contributed by atoms with Crippen LogP contribution in [0.5, 0.6) is 0 Å². The van der Waals surface area contributed by atoms with Crippen LogP contribution in [0.25, 0.3) is 0 Å². The minimum absolute atomic E-state index is 0.00797. The average Bonchev–Trinajstić information content (AvgIpc) is 2.95. The van der Waals surface area contributed by atoms with Gasteiger partial charge in [0.25, 0.3) is 0 Å². The number of ether oxygens (including phenoxy) is 1. The molecule has 0 atom stereocenters. The minimum Gasteiger partial charge on any atom is -0.466 e. The van der Waals surface area contributed by atoms with Gasteiger partial charge in [-0.25, -0.2) is 0 Å². The van der Waals surface area contributed by atoms with Gasteiger partial charge in [-0.15, -0.1) is 46.1 Å². The first-order valence-electron chi connectivity index (χ1n) is 16.0. The van der Waals surface area contributed by atoms with E-state index in [0.29, 0.717) is 13.0 Å². The third-order valence-corrected chi connectivity index (χ3v) is 3.35. The molecule has 260 valence electrons. The summed E-state index contributed by atoms with van der Waals surface area (Å²) in [6, 6.07) is 0. The topological polar surface area (TPSA) is 66.8 Å². The van der Waals surface area contributed by atoms with Crippen molar-refractivity contribution < 1.29 is 19.7 Å². The lowest BCUT2D eigenvalue weighted by atomic mass is 10.1. The van der Waals surface area contributed by atoms with Gasteiger partial charge in [0, 0.05) is 6.42 Å². The summed E-state index contributed by atoms with van der Waals surface area (Å²) in [5.41, 5.74) is 0. The molecule has 0 aromatic carbocycles. The lowest BCUT2D eigenvalue weighted by molar-refractivity contribution is -0.143. The zero-order valence-corrected chi connectivity index (χ0v) is 30.8. The predicted octanol–water partition coefficient (Wildman–Crippen LogP) is 12.6. The van der Waals surface area contributed by atoms with Crippen LogP contribution in [0.3, 0.4) is 0 Å². The Kier molecular flexibility index (Phi) is 157. The van der Waals surface area contributed by atoms with E-state index in [1.54, 1.807) is 42.5 Å². The molecule has 0 unspecified atom stereocenters. The minimum atomic E-state index is -0.125. The molecule has 0 aliphatic carbocycles. The molecule has 0 spiro atoms. The van der Waals surface area contributed by atoms with Gasteiger partial charge in [0.1, 0.15) is 0 Å². The summed E-state index contributed by atoms with van der Waals surface area (Å²) in [7, 11) is 0. The number of aliphatic hydroxyl groups excluding tert-OH is 2. The van der Waals surface area contributed by atoms with Gasteiger partial charge in [0.05, 0.1) is 19.8 Å². The number of hydrogen-bond donors (Lipinski definition) is 2. The second-order valence-corrected chi connectivity index (χ2v) is 8.46. The summed E-state index contributed by atoms with van der Waals surface area (Å²) < 4.78 is 5.12. The molecule has 0 fully saturated rings. The fourth-order valence-corrected chi connectivity index (χ4v) is 1.98. The van der Waals surface area contributed by atoms with Crippen LogP contribution in [0.2, 0.25) is 0 Å². The number of aliphatic hydroxyl groups is 2. The van der Waals surface area contributed by atoms with Gasteiger partial charge >= 0.3 is 5.97 Å². The highest BCUT2D eigenvalue weighted by atomic mass is 16.5. The molecule has 43 heavy (non-hydrogen) atoms. The van der Waals surface area contributed by atoms with Crippen LogP contribution in [0, 0.1) is 0 Å². The zero-order valence-electron chi connectivity index (χ0n) is 30.8. The van der Waals surface area contributed by atoms with E-state index in [-0.39, 0.29) is 19.2 Å². The van der Waals surface area contributed by atoms with Crippen molar-refractivity contribution in [2.45, 2.75) is 139 Å². The Labute approximate surface area is 273 Å². The second-order valence-electron chi connectivity index (χ2n) is 8.46. The molecule has 0 bridgehead atoms. The van der Waals surface area contributed by atoms with Crippen molar-refractivity contribution in [2.75, 3.05) is 19.8 Å². The van der Waals surface area contributed by atoms with Crippen LogP contribution < -0.4 is 0 Å². The number of hydrogen-bond acceptors (Lipinski definition) is 4. The van der Waals surface area contributed by atoms with E-state index in [4.69, 9.17) is 14.9 Å². The Hall–Kier alpha value is -2.43. The number of rotatable bonds is 14. The van der Waals surface area contributed by atoms with Crippen molar-refractivity contribution in [1.82, 2.24) is 0 Å². The Morgan fingerprint density at radius 2 is 0.721 bits per heavy atom. The highest BCUT2D eigenvalue weighted by Crippen LogP contribution is 2.10. The van der Waals surface area contributed by atoms with Crippen molar-refractivity contribution in [3.8, 4) is 0 Å². The summed E-state index contributed by atoms with van der Waals surface area (Å²) in [4.78, 5) is 11.3. The monoisotopic (exact) mass is 613 g/mol. The molecule has 4 heteroatoms. The molecule has 0 aliphatic heterocycles. The fourth-order valence-electron chi connectivity index (χ4n) is 1.98. The molecule has 0 aromatic rings. The van der Waals surface area contributed by atoms with E-state index in [0.717, 1.165) is 19.3 Å². The summed E-state index contributed by atoms with van der Waals surface area (Å²) in [6.07, 6.45) is 26.5. The van der Waals surface area contributed by atoms with Gasteiger partial charge in [-0.2, -0.15) is 0 Å². The normalized spacial score (nSPS) is 7.23. The maximum atomic E-state index is 11.3. The molecule has 0 aromatic heterocycles. The summed E-state index contributed by atoms with van der Waals surface area (Å²) in [6.45, 7) is 41.5. The largest absolute Gasteiger partial charge is 0.466 e. The summed E-state index contributed by atoms with van der Waals surface area (Å²) in [5.74, 6) is -0.00797. The maximum Gasteiger partial charge on any atom is 0.305 e. The van der Waals surface area contributed by atoms with Crippen LogP contribution in [0.15, 0.2) is 88.6 Å². The van der Waals surface area contributed by atoms with Crippen LogP contribution in [-0.4, -0.2) is 36.0 Å². The van der Waals surface area contributed by atoms with Gasteiger partial charge in [0.2, 0.25) is 0 Å². The molecule has 0 heterocycles. The SMILES string of the molecule is C=CC.C=CC.C=CC.C=CC.C=CC.C=CC.C=CC.CCCCCCCCCCCC(=O)OCCCC.OCCO. The van der Waals surface area contributed by atoms with Crippen LogP contribution >= 0.6 is 0 Å². The first kappa shape index (κ1) is 63.7. The number of carbonyl (C=O) groups is 1. The molecule has 0 rings (SSSR count). The molecular weight excluding hydrogens is 532 g/mol. The van der Waals surface area contributed by atoms with Crippen molar-refractivity contribution in [3.05, 3.63) is 88.6 Å². The molecule has 0 radical (unpaired) electrons. The number of unbranched alkanes of at least 4 members (excludes halogenated alkanes) is 9. The lowest BCUT2D eigenvalue weighted by Gasteiger charge is -2.04. The third kappa shape index (κ3) is 263. The van der Waals surface area contributed by atoms with Crippen LogP contribution in [0.4, 0.5) is 0 Å². The van der Waals surface area contributed by atoms with Gasteiger partial charge in [-0.3, -0.25) is 4.79 Å². The first-order valence-corrected chi connectivity index (χ1v) is 16.0. The highest BCUT2D eigenvalue weighted by molar-refractivity contribution is 5.69. The van der Waals surface area contributed by atoms with E-state index in [1.165, 1.54) is 51.4 Å². The molecule has 0 saturated carbocycles. The van der Waals surface area contributed by atoms with Crippen LogP contribution in [0.1, 0.15) is 139 Å². The van der Waals surface area contributed by atoms with E-state index in [9.17, 15) is 4.79 Å². The smallest absolute Gasteiger partial charge is 0.305 e. The Morgan fingerprint density at radius 3 is 0.953 bits per heavy atom. The molecule has 0 amide bonds. The Bertz CT molecular complexity index is 407. The van der Waals surface area contributed by atoms with Crippen molar-refractivity contribution >= 4 is 5.97 Å². The van der Waals surface area contributed by atoms with Gasteiger partial charge < -0.3 is 14.9 Å². The van der Waals surface area contributed by atoms with Crippen molar-refractivity contribution in [1.29, 1.82) is 0 Å². The highest BCUT2D eigenvalue weighted by Gasteiger charge is 2.01. The van der Waals surface area contributed by atoms with Gasteiger partial charge in [0.15, 0.2) is 0 Å². The van der Waals surface area contributed by atoms with Gasteiger partial charge in [-0.05, 0) is 61.3 Å². The molecule has 0 saturated heterocycles. The van der Waals surface area contributed by atoms with Gasteiger partial charge in [-0.1, -0.05) is 114 Å². The van der Waals surface area contributed by atoms with Crippen molar-refractivity contribution in [2.24, 2.45) is 0 Å². The number of carbonyl (C=O) groups excluding carboxylic acids is 1. The Morgan fingerprint density at radius 1 is 0.488 bits per heavy atom. The number of esters is 1. The van der Waals surface area contributed by atoms with Crippen LogP contribution in [-0.2, 0) is 9.53 Å². The van der Waals surface area contributed by atoms with E-state index in [1.807, 2.05) is 48.5 Å². The zero-order chi connectivity index (χ0) is 35.8. The van der Waals surface area contributed by atoms with E-state index in [2.05, 4.69) is 59.9 Å². The predicted molar refractivity (Wildman–Crippen MR) is 203 cm³/mol. The number of allylic oxidation sites excluding steroid dienone is 7. The molecule has 4 nitrogen and oxygen atoms in total. The third-order valence-electron chi connectivity index (χ3n) is 3.35. The van der Waals surface area contributed by atoms with E-state index >= 15 is 0 Å². The molecule has 0 aliphatic rings. The fraction of sp³-hybridized carbons (Fsp3) is 0.615. The summed E-state index contributed by atoms with van der Waals surface area (Å²) in [5, 5.41) is 15.2. The Balaban J connectivity index is -0.0000000538. The average molecular weight is 613 g/mol. The second kappa shape index (κ2) is 106. The summed E-state index contributed by atoms with van der Waals surface area (Å²) >= 11 is 0. The van der Waals surface area contributed by atoms with E-state index < -0.39 is 0 Å². The molecular formula is C39H80O4. The maximum absolute atomic E-state index is 11.3. The quantitative estimate of drug-likeness (QED) is 0.116. The molecule has 2 N–H and O–H groups in total.